The fraction of sp³-hybridized carbons (Fsp3) is 0.133. The first-order chi connectivity index (χ1) is 9.29. The first-order valence-electron chi connectivity index (χ1n) is 6.03. The van der Waals surface area contributed by atoms with Gasteiger partial charge in [-0.25, -0.2) is 5.84 Å². The molecule has 0 unspecified atom stereocenters. The van der Waals surface area contributed by atoms with E-state index in [0.717, 1.165) is 11.3 Å². The Morgan fingerprint density at radius 3 is 2.32 bits per heavy atom. The highest BCUT2D eigenvalue weighted by Crippen LogP contribution is 2.24. The normalized spacial score (nSPS) is 10.2. The number of nitrogens with one attached hydrogen (secondary N) is 1. The lowest BCUT2D eigenvalue weighted by atomic mass is 10.1. The first-order valence-corrected chi connectivity index (χ1v) is 7.02. The van der Waals surface area contributed by atoms with E-state index < -0.39 is 0 Å². The van der Waals surface area contributed by atoms with Gasteiger partial charge in [-0.2, -0.15) is 0 Å². The first kappa shape index (κ1) is 13.6. The summed E-state index contributed by atoms with van der Waals surface area (Å²) in [6.45, 7) is 0. The highest BCUT2D eigenvalue weighted by molar-refractivity contribution is 7.98. The lowest BCUT2D eigenvalue weighted by Crippen LogP contribution is -2.31. The van der Waals surface area contributed by atoms with Crippen molar-refractivity contribution in [3.05, 3.63) is 65.7 Å². The predicted octanol–water partition coefficient (Wildman–Crippen LogP) is 2.51. The van der Waals surface area contributed by atoms with Crippen LogP contribution in [0.2, 0.25) is 0 Å². The summed E-state index contributed by atoms with van der Waals surface area (Å²) in [6, 6.07) is 18.2. The summed E-state index contributed by atoms with van der Waals surface area (Å²) in [7, 11) is 0. The van der Waals surface area contributed by atoms with Crippen LogP contribution in [0.25, 0.3) is 0 Å². The molecule has 0 saturated carbocycles. The zero-order valence-electron chi connectivity index (χ0n) is 10.5. The van der Waals surface area contributed by atoms with Crippen molar-refractivity contribution in [3.63, 3.8) is 0 Å². The van der Waals surface area contributed by atoms with E-state index in [0.29, 0.717) is 6.42 Å². The summed E-state index contributed by atoms with van der Waals surface area (Å²) >= 11 is 1.76. The van der Waals surface area contributed by atoms with Crippen molar-refractivity contribution >= 4 is 17.7 Å². The molecule has 1 amide bonds. The molecule has 0 radical (unpaired) electrons. The summed E-state index contributed by atoms with van der Waals surface area (Å²) in [5.74, 6) is 5.81. The number of amides is 1. The Labute approximate surface area is 117 Å². The number of rotatable bonds is 5. The number of nitrogens with two attached hydrogens (primary N) is 1. The standard InChI is InChI=1S/C15H16N2OS/c16-17-15(18)10-12-6-4-5-7-13(12)11-19-14-8-2-1-3-9-14/h1-9H,10-11,16H2,(H,17,18). The van der Waals surface area contributed by atoms with Crippen LogP contribution in [-0.4, -0.2) is 5.91 Å². The van der Waals surface area contributed by atoms with Crippen LogP contribution < -0.4 is 11.3 Å². The highest BCUT2D eigenvalue weighted by Gasteiger charge is 2.06. The molecule has 0 atom stereocenters. The number of carbonyl (C=O) groups is 1. The smallest absolute Gasteiger partial charge is 0.238 e. The Morgan fingerprint density at radius 1 is 1.00 bits per heavy atom. The molecule has 3 N–H and O–H groups in total. The molecule has 0 spiro atoms. The van der Waals surface area contributed by atoms with Gasteiger partial charge in [-0.3, -0.25) is 10.2 Å². The average Bonchev–Trinajstić information content (AvgIpc) is 2.47. The molecule has 2 aromatic rings. The van der Waals surface area contributed by atoms with Gasteiger partial charge < -0.3 is 0 Å². The fourth-order valence-electron chi connectivity index (χ4n) is 1.77. The monoisotopic (exact) mass is 272 g/mol. The highest BCUT2D eigenvalue weighted by atomic mass is 32.2. The Kier molecular flexibility index (Phi) is 5.01. The molecule has 2 rings (SSSR count). The van der Waals surface area contributed by atoms with Gasteiger partial charge in [-0.05, 0) is 23.3 Å². The second-order valence-electron chi connectivity index (χ2n) is 4.11. The zero-order chi connectivity index (χ0) is 13.5. The van der Waals surface area contributed by atoms with Crippen LogP contribution in [0, 0.1) is 0 Å². The Balaban J connectivity index is 2.05. The third-order valence-corrected chi connectivity index (χ3v) is 3.83. The van der Waals surface area contributed by atoms with Crippen molar-refractivity contribution in [2.24, 2.45) is 5.84 Å². The summed E-state index contributed by atoms with van der Waals surface area (Å²) in [5.41, 5.74) is 4.36. The lowest BCUT2D eigenvalue weighted by Gasteiger charge is -2.08. The van der Waals surface area contributed by atoms with Crippen molar-refractivity contribution in [1.29, 1.82) is 0 Å². The molecule has 19 heavy (non-hydrogen) atoms. The van der Waals surface area contributed by atoms with Crippen LogP contribution in [0.15, 0.2) is 59.5 Å². The quantitative estimate of drug-likeness (QED) is 0.380. The van der Waals surface area contributed by atoms with Crippen molar-refractivity contribution in [2.75, 3.05) is 0 Å². The molecule has 0 aliphatic carbocycles. The number of benzene rings is 2. The summed E-state index contributed by atoms with van der Waals surface area (Å²) in [5, 5.41) is 0. The molecule has 4 heteroatoms. The molecule has 0 saturated heterocycles. The van der Waals surface area contributed by atoms with Crippen LogP contribution in [0.5, 0.6) is 0 Å². The van der Waals surface area contributed by atoms with E-state index in [4.69, 9.17) is 5.84 Å². The van der Waals surface area contributed by atoms with Gasteiger partial charge in [0, 0.05) is 10.6 Å². The van der Waals surface area contributed by atoms with Crippen LogP contribution in [-0.2, 0) is 17.0 Å². The Morgan fingerprint density at radius 2 is 1.63 bits per heavy atom. The summed E-state index contributed by atoms with van der Waals surface area (Å²) < 4.78 is 0. The van der Waals surface area contributed by atoms with Gasteiger partial charge in [0.05, 0.1) is 6.42 Å². The number of hydrogen-bond acceptors (Lipinski definition) is 3. The van der Waals surface area contributed by atoms with E-state index in [1.165, 1.54) is 10.5 Å². The van der Waals surface area contributed by atoms with Crippen LogP contribution >= 0.6 is 11.8 Å². The van der Waals surface area contributed by atoms with Crippen molar-refractivity contribution in [1.82, 2.24) is 5.43 Å². The third-order valence-electron chi connectivity index (χ3n) is 2.77. The average molecular weight is 272 g/mol. The number of hydrazine groups is 1. The van der Waals surface area contributed by atoms with Gasteiger partial charge in [-0.15, -0.1) is 11.8 Å². The second kappa shape index (κ2) is 6.97. The zero-order valence-corrected chi connectivity index (χ0v) is 11.3. The summed E-state index contributed by atoms with van der Waals surface area (Å²) in [6.07, 6.45) is 0.321. The van der Waals surface area contributed by atoms with Crippen molar-refractivity contribution < 1.29 is 4.79 Å². The molecule has 0 aliphatic heterocycles. The van der Waals surface area contributed by atoms with Gasteiger partial charge in [0.2, 0.25) is 5.91 Å². The maximum atomic E-state index is 11.4. The molecule has 98 valence electrons. The van der Waals surface area contributed by atoms with Crippen molar-refractivity contribution in [3.8, 4) is 0 Å². The fourth-order valence-corrected chi connectivity index (χ4v) is 2.73. The van der Waals surface area contributed by atoms with Crippen LogP contribution in [0.4, 0.5) is 0 Å². The predicted molar refractivity (Wildman–Crippen MR) is 78.5 cm³/mol. The molecule has 0 aliphatic rings. The molecule has 3 nitrogen and oxygen atoms in total. The molecule has 2 aromatic carbocycles. The maximum absolute atomic E-state index is 11.4. The van der Waals surface area contributed by atoms with E-state index >= 15 is 0 Å². The van der Waals surface area contributed by atoms with E-state index in [1.54, 1.807) is 11.8 Å². The minimum atomic E-state index is -0.169. The van der Waals surface area contributed by atoms with Gasteiger partial charge in [0.1, 0.15) is 0 Å². The maximum Gasteiger partial charge on any atom is 0.238 e. The molecular formula is C15H16N2OS. The van der Waals surface area contributed by atoms with Gasteiger partial charge >= 0.3 is 0 Å². The van der Waals surface area contributed by atoms with Crippen LogP contribution in [0.1, 0.15) is 11.1 Å². The largest absolute Gasteiger partial charge is 0.294 e. The van der Waals surface area contributed by atoms with E-state index in [9.17, 15) is 4.79 Å². The minimum Gasteiger partial charge on any atom is -0.294 e. The Hall–Kier alpha value is -1.78. The van der Waals surface area contributed by atoms with Gasteiger partial charge in [0.25, 0.3) is 0 Å². The van der Waals surface area contributed by atoms with Crippen LogP contribution in [0.3, 0.4) is 0 Å². The summed E-state index contributed by atoms with van der Waals surface area (Å²) in [4.78, 5) is 12.6. The van der Waals surface area contributed by atoms with E-state index in [2.05, 4.69) is 23.6 Å². The van der Waals surface area contributed by atoms with Crippen molar-refractivity contribution in [2.45, 2.75) is 17.1 Å². The molecule has 0 heterocycles. The van der Waals surface area contributed by atoms with E-state index in [1.807, 2.05) is 36.4 Å². The Bertz CT molecular complexity index is 543. The second-order valence-corrected chi connectivity index (χ2v) is 5.16. The topological polar surface area (TPSA) is 55.1 Å². The third kappa shape index (κ3) is 4.12. The SMILES string of the molecule is NNC(=O)Cc1ccccc1CSc1ccccc1. The molecule has 0 aromatic heterocycles. The number of thioether (sulfide) groups is 1. The number of carbonyl (C=O) groups excluding carboxylic acids is 1. The molecule has 0 bridgehead atoms. The molecule has 0 fully saturated rings. The number of hydrogen-bond donors (Lipinski definition) is 2. The lowest BCUT2D eigenvalue weighted by molar-refractivity contribution is -0.120. The van der Waals surface area contributed by atoms with Gasteiger partial charge in [0.15, 0.2) is 0 Å². The van der Waals surface area contributed by atoms with E-state index in [-0.39, 0.29) is 5.91 Å². The minimum absolute atomic E-state index is 0.169. The molecular weight excluding hydrogens is 256 g/mol. The van der Waals surface area contributed by atoms with Gasteiger partial charge in [-0.1, -0.05) is 42.5 Å².